The molecule has 6 nitrogen and oxygen atoms in total. The summed E-state index contributed by atoms with van der Waals surface area (Å²) in [5.74, 6) is 0.409. The molecule has 0 N–H and O–H groups in total. The Morgan fingerprint density at radius 2 is 1.79 bits per heavy atom. The highest BCUT2D eigenvalue weighted by atomic mass is 28.4. The average molecular weight is 549 g/mol. The molecule has 0 saturated carbocycles. The van der Waals surface area contributed by atoms with Gasteiger partial charge in [-0.25, -0.2) is 0 Å². The zero-order valence-electron chi connectivity index (χ0n) is 25.5. The number of rotatable bonds is 12. The van der Waals surface area contributed by atoms with Crippen LogP contribution in [0.4, 0.5) is 0 Å². The summed E-state index contributed by atoms with van der Waals surface area (Å²) in [6, 6.07) is 0. The zero-order valence-corrected chi connectivity index (χ0v) is 26.5. The maximum Gasteiger partial charge on any atom is 0.308 e. The number of methoxy groups -OCH3 is 1. The van der Waals surface area contributed by atoms with E-state index in [4.69, 9.17) is 13.9 Å². The summed E-state index contributed by atoms with van der Waals surface area (Å²) >= 11 is 0. The maximum absolute atomic E-state index is 13.3. The molecule has 2 aliphatic rings. The highest BCUT2D eigenvalue weighted by Crippen LogP contribution is 2.45. The highest BCUT2D eigenvalue weighted by molar-refractivity contribution is 6.74. The second-order valence-electron chi connectivity index (χ2n) is 13.1. The molecule has 2 aliphatic carbocycles. The van der Waals surface area contributed by atoms with E-state index in [0.717, 1.165) is 12.8 Å². The van der Waals surface area contributed by atoms with Crippen molar-refractivity contribution in [2.24, 2.45) is 29.6 Å². The number of esters is 2. The molecule has 0 spiro atoms. The van der Waals surface area contributed by atoms with E-state index in [0.29, 0.717) is 18.8 Å². The Bertz CT molecular complexity index is 899. The standard InChI is InChI=1S/C31H52O6Si/c1-11-21(3)30(34)36-27-17-20(2)16-23-13-12-22(4)26(29(23)27)15-14-24(32)18-25(19-28(33)35-8)37-38(9,10)31(5,6)7/h12-13,16,20-22,25-27,29H,11,14-15,17-19H2,1-10H3/t20-,21+,22+,25-,26+,27+,29+/m1/s1. The fraction of sp³-hybridized carbons (Fsp3) is 0.774. The summed E-state index contributed by atoms with van der Waals surface area (Å²) in [6.07, 6.45) is 9.03. The molecule has 0 bridgehead atoms. The van der Waals surface area contributed by atoms with Gasteiger partial charge < -0.3 is 13.9 Å². The van der Waals surface area contributed by atoms with Crippen LogP contribution in [-0.4, -0.2) is 45.4 Å². The number of fused-ring (bicyclic) bond motifs is 1. The Morgan fingerprint density at radius 3 is 2.37 bits per heavy atom. The van der Waals surface area contributed by atoms with E-state index < -0.39 is 14.4 Å². The van der Waals surface area contributed by atoms with E-state index in [1.807, 2.05) is 13.8 Å². The number of allylic oxidation sites excluding steroid dienone is 3. The maximum atomic E-state index is 13.3. The molecule has 0 radical (unpaired) electrons. The predicted octanol–water partition coefficient (Wildman–Crippen LogP) is 7.04. The van der Waals surface area contributed by atoms with Crippen molar-refractivity contribution in [2.75, 3.05) is 7.11 Å². The molecule has 0 aromatic carbocycles. The van der Waals surface area contributed by atoms with Crippen LogP contribution in [0, 0.1) is 29.6 Å². The van der Waals surface area contributed by atoms with Gasteiger partial charge in [-0.15, -0.1) is 0 Å². The second kappa shape index (κ2) is 13.6. The Morgan fingerprint density at radius 1 is 1.13 bits per heavy atom. The largest absolute Gasteiger partial charge is 0.469 e. The molecule has 7 heteroatoms. The molecule has 0 aromatic heterocycles. The Kier molecular flexibility index (Phi) is 11.6. The minimum Gasteiger partial charge on any atom is -0.469 e. The molecular weight excluding hydrogens is 496 g/mol. The molecule has 0 amide bonds. The molecule has 0 aliphatic heterocycles. The summed E-state index contributed by atoms with van der Waals surface area (Å²) in [7, 11) is -0.806. The number of hydrogen-bond donors (Lipinski definition) is 0. The SMILES string of the molecule is CC[C@H](C)C(=O)O[C@H]1C[C@H](C)C=C2C=C[C@H](C)[C@H](CCC(=O)C[C@H](CC(=O)OC)O[Si](C)(C)C(C)(C)C)[C@H]21. The molecule has 216 valence electrons. The van der Waals surface area contributed by atoms with Gasteiger partial charge in [0.25, 0.3) is 0 Å². The Hall–Kier alpha value is -1.73. The summed E-state index contributed by atoms with van der Waals surface area (Å²) < 4.78 is 17.5. The van der Waals surface area contributed by atoms with Crippen LogP contribution in [-0.2, 0) is 28.3 Å². The quantitative estimate of drug-likeness (QED) is 0.192. The van der Waals surface area contributed by atoms with Gasteiger partial charge in [0.1, 0.15) is 11.9 Å². The van der Waals surface area contributed by atoms with E-state index in [2.05, 4.69) is 65.9 Å². The van der Waals surface area contributed by atoms with Gasteiger partial charge in [-0.1, -0.05) is 66.7 Å². The van der Waals surface area contributed by atoms with Crippen molar-refractivity contribution in [3.63, 3.8) is 0 Å². The molecule has 0 unspecified atom stereocenters. The van der Waals surface area contributed by atoms with Gasteiger partial charge in [-0.05, 0) is 60.7 Å². The van der Waals surface area contributed by atoms with E-state index in [1.54, 1.807) is 0 Å². The molecule has 0 aromatic rings. The summed E-state index contributed by atoms with van der Waals surface area (Å²) in [4.78, 5) is 38.1. The van der Waals surface area contributed by atoms with Crippen LogP contribution in [0.15, 0.2) is 23.8 Å². The molecule has 0 saturated heterocycles. The van der Waals surface area contributed by atoms with Crippen LogP contribution in [0.1, 0.15) is 87.0 Å². The van der Waals surface area contributed by atoms with Crippen molar-refractivity contribution < 1.29 is 28.3 Å². The monoisotopic (exact) mass is 548 g/mol. The van der Waals surface area contributed by atoms with Crippen LogP contribution in [0.5, 0.6) is 0 Å². The molecule has 2 rings (SSSR count). The summed E-state index contributed by atoms with van der Waals surface area (Å²) in [5.41, 5.74) is 1.23. The minimum atomic E-state index is -2.17. The molecule has 0 fully saturated rings. The van der Waals surface area contributed by atoms with Gasteiger partial charge in [0.05, 0.1) is 25.6 Å². The zero-order chi connectivity index (χ0) is 28.8. The molecular formula is C31H52O6Si. The topological polar surface area (TPSA) is 78.9 Å². The van der Waals surface area contributed by atoms with E-state index >= 15 is 0 Å². The lowest BCUT2D eigenvalue weighted by Crippen LogP contribution is -2.45. The first-order valence-electron chi connectivity index (χ1n) is 14.5. The number of carbonyl (C=O) groups excluding carboxylic acids is 3. The first-order chi connectivity index (χ1) is 17.6. The van der Waals surface area contributed by atoms with Crippen molar-refractivity contribution in [3.8, 4) is 0 Å². The minimum absolute atomic E-state index is 0.0309. The normalized spacial score (nSPS) is 27.1. The van der Waals surface area contributed by atoms with Crippen molar-refractivity contribution in [2.45, 2.75) is 117 Å². The van der Waals surface area contributed by atoms with Crippen LogP contribution in [0.2, 0.25) is 18.1 Å². The molecule has 0 heterocycles. The van der Waals surface area contributed by atoms with E-state index in [1.165, 1.54) is 12.7 Å². The molecule has 38 heavy (non-hydrogen) atoms. The number of hydrogen-bond acceptors (Lipinski definition) is 6. The second-order valence-corrected chi connectivity index (χ2v) is 17.9. The molecule has 7 atom stereocenters. The predicted molar refractivity (Wildman–Crippen MR) is 154 cm³/mol. The van der Waals surface area contributed by atoms with Gasteiger partial charge in [0.15, 0.2) is 8.32 Å². The lowest BCUT2D eigenvalue weighted by molar-refractivity contribution is -0.158. The van der Waals surface area contributed by atoms with Crippen LogP contribution >= 0.6 is 0 Å². The van der Waals surface area contributed by atoms with Gasteiger partial charge >= 0.3 is 11.9 Å². The number of carbonyl (C=O) groups is 3. The van der Waals surface area contributed by atoms with Crippen molar-refractivity contribution in [1.29, 1.82) is 0 Å². The lowest BCUT2D eigenvalue weighted by atomic mass is 9.65. The fourth-order valence-electron chi connectivity index (χ4n) is 5.36. The van der Waals surface area contributed by atoms with Crippen molar-refractivity contribution in [3.05, 3.63) is 23.8 Å². The van der Waals surface area contributed by atoms with Gasteiger partial charge in [-0.3, -0.25) is 14.4 Å². The number of ether oxygens (including phenoxy) is 2. The van der Waals surface area contributed by atoms with Gasteiger partial charge in [0, 0.05) is 18.8 Å². The van der Waals surface area contributed by atoms with E-state index in [-0.39, 0.29) is 65.4 Å². The Balaban J connectivity index is 2.16. The van der Waals surface area contributed by atoms with Crippen LogP contribution < -0.4 is 0 Å². The third-order valence-corrected chi connectivity index (χ3v) is 13.5. The smallest absolute Gasteiger partial charge is 0.308 e. The average Bonchev–Trinajstić information content (AvgIpc) is 2.81. The van der Waals surface area contributed by atoms with Crippen LogP contribution in [0.25, 0.3) is 0 Å². The van der Waals surface area contributed by atoms with E-state index in [9.17, 15) is 14.4 Å². The van der Waals surface area contributed by atoms with Crippen LogP contribution in [0.3, 0.4) is 0 Å². The summed E-state index contributed by atoms with van der Waals surface area (Å²) in [6.45, 7) is 19.0. The highest BCUT2D eigenvalue weighted by Gasteiger charge is 2.42. The first-order valence-corrected chi connectivity index (χ1v) is 17.4. The van der Waals surface area contributed by atoms with Crippen molar-refractivity contribution in [1.82, 2.24) is 0 Å². The summed E-state index contributed by atoms with van der Waals surface area (Å²) in [5, 5.41) is -0.0309. The third-order valence-electron chi connectivity index (χ3n) is 8.98. The van der Waals surface area contributed by atoms with Crippen molar-refractivity contribution >= 4 is 26.0 Å². The fourth-order valence-corrected chi connectivity index (χ4v) is 6.71. The Labute approximate surface area is 232 Å². The number of ketones is 1. The number of Topliss-reactive ketones (excluding diaryl/α,β-unsaturated/α-hetero) is 1. The first kappa shape index (κ1) is 32.5. The van der Waals surface area contributed by atoms with Gasteiger partial charge in [-0.2, -0.15) is 0 Å². The lowest BCUT2D eigenvalue weighted by Gasteiger charge is -2.43. The third kappa shape index (κ3) is 8.64. The van der Waals surface area contributed by atoms with Gasteiger partial charge in [0.2, 0.25) is 0 Å².